The quantitative estimate of drug-likeness (QED) is 0.152. The van der Waals surface area contributed by atoms with E-state index in [1.807, 2.05) is 6.07 Å². The topological polar surface area (TPSA) is 196 Å². The van der Waals surface area contributed by atoms with Gasteiger partial charge in [-0.1, -0.05) is 30.3 Å². The van der Waals surface area contributed by atoms with E-state index in [9.17, 15) is 40.5 Å². The number of hydrogen-bond donors (Lipinski definition) is 7. The smallest absolute Gasteiger partial charge is 0.330 e. The van der Waals surface area contributed by atoms with Gasteiger partial charge in [0, 0.05) is 12.0 Å². The third kappa shape index (κ3) is 5.05. The molecule has 3 aliphatic rings. The third-order valence-corrected chi connectivity index (χ3v) is 6.80. The van der Waals surface area contributed by atoms with Crippen molar-refractivity contribution in [3.8, 4) is 0 Å². The van der Waals surface area contributed by atoms with Crippen LogP contribution in [0.1, 0.15) is 5.56 Å². The molecule has 2 aliphatic heterocycles. The summed E-state index contributed by atoms with van der Waals surface area (Å²) in [6.45, 7) is -1.41. The van der Waals surface area contributed by atoms with Gasteiger partial charge in [0.2, 0.25) is 6.29 Å². The molecule has 2 fully saturated rings. The standard InChI is InChI=1S/C24H30O12/c25-10-14-18(28)19(29)20(30)23(35-14)36-22-16-13(8-9-33-22)17(27)21(31)24(16,32)11-34-15(26)7-6-12-4-2-1-3-5-12/h1-9,13-14,16-23,25,27-32H,10-11H2/b7-6+/t13?,14-,16?,17+,18-,19+,20-,21-,22+,23+,24-/m1/s1. The van der Waals surface area contributed by atoms with Gasteiger partial charge in [-0.3, -0.25) is 0 Å². The summed E-state index contributed by atoms with van der Waals surface area (Å²) in [6.07, 6.45) is -7.38. The van der Waals surface area contributed by atoms with E-state index in [1.165, 1.54) is 18.4 Å². The summed E-state index contributed by atoms with van der Waals surface area (Å²) < 4.78 is 21.6. The van der Waals surface area contributed by atoms with Crippen LogP contribution in [0.3, 0.4) is 0 Å². The highest BCUT2D eigenvalue weighted by atomic mass is 16.8. The SMILES string of the molecule is O=C(/C=C/c1ccccc1)OC[C@@]1(O)C2C(C=CO[C@H]2O[C@@H]2O[C@H](CO)[C@@H](O)[C@H](O)[C@H]2O)[C@H](O)[C@H]1O. The van der Waals surface area contributed by atoms with Gasteiger partial charge >= 0.3 is 5.97 Å². The van der Waals surface area contributed by atoms with Crippen molar-refractivity contribution in [1.82, 2.24) is 0 Å². The number of ether oxygens (including phenoxy) is 4. The summed E-state index contributed by atoms with van der Waals surface area (Å²) in [5.41, 5.74) is -1.49. The number of carbonyl (C=O) groups excluding carboxylic acids is 1. The zero-order valence-corrected chi connectivity index (χ0v) is 19.1. The summed E-state index contributed by atoms with van der Waals surface area (Å²) in [4.78, 5) is 12.3. The van der Waals surface area contributed by atoms with Crippen LogP contribution < -0.4 is 0 Å². The molecular formula is C24H30O12. The first kappa shape index (κ1) is 26.7. The average molecular weight is 510 g/mol. The van der Waals surface area contributed by atoms with Crippen LogP contribution in [0, 0.1) is 11.8 Å². The Morgan fingerprint density at radius 1 is 1.00 bits per heavy atom. The summed E-state index contributed by atoms with van der Waals surface area (Å²) in [7, 11) is 0. The van der Waals surface area contributed by atoms with Gasteiger partial charge in [-0.25, -0.2) is 4.79 Å². The molecule has 2 unspecified atom stereocenters. The Morgan fingerprint density at radius 3 is 2.42 bits per heavy atom. The fourth-order valence-electron chi connectivity index (χ4n) is 4.77. The molecule has 198 valence electrons. The number of benzene rings is 1. The van der Waals surface area contributed by atoms with Crippen molar-refractivity contribution in [1.29, 1.82) is 0 Å². The van der Waals surface area contributed by atoms with Gasteiger partial charge in [-0.05, 0) is 17.7 Å². The van der Waals surface area contributed by atoms with Crippen LogP contribution in [-0.4, -0.2) is 110 Å². The van der Waals surface area contributed by atoms with Crippen LogP contribution in [0.25, 0.3) is 6.08 Å². The van der Waals surface area contributed by atoms with Crippen LogP contribution in [-0.2, 0) is 23.7 Å². The molecule has 0 radical (unpaired) electrons. The first-order chi connectivity index (χ1) is 17.2. The molecule has 1 aromatic rings. The largest absolute Gasteiger partial charge is 0.472 e. The maximum absolute atomic E-state index is 12.3. The van der Waals surface area contributed by atoms with Crippen molar-refractivity contribution in [2.45, 2.75) is 54.8 Å². The molecule has 1 saturated carbocycles. The van der Waals surface area contributed by atoms with E-state index in [-0.39, 0.29) is 0 Å². The summed E-state index contributed by atoms with van der Waals surface area (Å²) in [5.74, 6) is -2.91. The van der Waals surface area contributed by atoms with Crippen molar-refractivity contribution in [2.75, 3.05) is 13.2 Å². The minimum absolute atomic E-state index is 0.684. The summed E-state index contributed by atoms with van der Waals surface area (Å²) >= 11 is 0. The van der Waals surface area contributed by atoms with Gasteiger partial charge in [0.05, 0.1) is 24.9 Å². The number of hydrogen-bond acceptors (Lipinski definition) is 12. The predicted octanol–water partition coefficient (Wildman–Crippen LogP) is -2.37. The van der Waals surface area contributed by atoms with Crippen molar-refractivity contribution in [3.05, 3.63) is 54.3 Å². The second kappa shape index (κ2) is 10.9. The molecule has 7 N–H and O–H groups in total. The van der Waals surface area contributed by atoms with Crippen molar-refractivity contribution in [2.24, 2.45) is 11.8 Å². The van der Waals surface area contributed by atoms with Crippen LogP contribution in [0.2, 0.25) is 0 Å². The van der Waals surface area contributed by atoms with E-state index < -0.39 is 85.8 Å². The lowest BCUT2D eigenvalue weighted by atomic mass is 9.83. The fourth-order valence-corrected chi connectivity index (χ4v) is 4.77. The second-order valence-electron chi connectivity index (χ2n) is 9.05. The molecule has 0 spiro atoms. The van der Waals surface area contributed by atoms with Gasteiger partial charge in [-0.2, -0.15) is 0 Å². The van der Waals surface area contributed by atoms with E-state index in [1.54, 1.807) is 24.3 Å². The lowest BCUT2D eigenvalue weighted by molar-refractivity contribution is -0.348. The molecule has 0 bridgehead atoms. The first-order valence-corrected chi connectivity index (χ1v) is 11.4. The summed E-state index contributed by atoms with van der Waals surface area (Å²) in [5, 5.41) is 72.3. The van der Waals surface area contributed by atoms with Gasteiger partial charge in [0.25, 0.3) is 0 Å². The predicted molar refractivity (Wildman–Crippen MR) is 119 cm³/mol. The number of fused-ring (bicyclic) bond motifs is 1. The summed E-state index contributed by atoms with van der Waals surface area (Å²) in [6, 6.07) is 8.93. The molecule has 2 heterocycles. The lowest BCUT2D eigenvalue weighted by Crippen LogP contribution is -2.61. The van der Waals surface area contributed by atoms with Crippen LogP contribution in [0.4, 0.5) is 0 Å². The van der Waals surface area contributed by atoms with Gasteiger partial charge in [-0.15, -0.1) is 0 Å². The molecular weight excluding hydrogens is 480 g/mol. The third-order valence-electron chi connectivity index (χ3n) is 6.80. The van der Waals surface area contributed by atoms with Crippen molar-refractivity contribution < 1.29 is 59.5 Å². The number of rotatable bonds is 7. The maximum atomic E-state index is 12.3. The molecule has 1 aromatic carbocycles. The van der Waals surface area contributed by atoms with E-state index in [0.717, 1.165) is 11.6 Å². The first-order valence-electron chi connectivity index (χ1n) is 11.4. The molecule has 1 aliphatic carbocycles. The Hall–Kier alpha value is -2.39. The van der Waals surface area contributed by atoms with Crippen LogP contribution >= 0.6 is 0 Å². The molecule has 0 amide bonds. The number of aliphatic hydroxyl groups excluding tert-OH is 6. The van der Waals surface area contributed by atoms with Gasteiger partial charge in [0.15, 0.2) is 6.29 Å². The average Bonchev–Trinajstić information content (AvgIpc) is 3.09. The highest BCUT2D eigenvalue weighted by Crippen LogP contribution is 2.47. The Balaban J connectivity index is 1.49. The molecule has 36 heavy (non-hydrogen) atoms. The number of aliphatic hydroxyl groups is 7. The van der Waals surface area contributed by atoms with E-state index >= 15 is 0 Å². The number of carbonyl (C=O) groups is 1. The fraction of sp³-hybridized carbons (Fsp3) is 0.542. The van der Waals surface area contributed by atoms with Crippen molar-refractivity contribution in [3.63, 3.8) is 0 Å². The van der Waals surface area contributed by atoms with Gasteiger partial charge in [0.1, 0.15) is 42.7 Å². The normalized spacial score (nSPS) is 42.2. The zero-order chi connectivity index (χ0) is 26.0. The number of esters is 1. The molecule has 12 heteroatoms. The molecule has 0 aromatic heterocycles. The minimum atomic E-state index is -2.23. The van der Waals surface area contributed by atoms with Crippen molar-refractivity contribution >= 4 is 12.0 Å². The van der Waals surface area contributed by atoms with Crippen LogP contribution in [0.5, 0.6) is 0 Å². The lowest BCUT2D eigenvalue weighted by Gasteiger charge is -2.44. The van der Waals surface area contributed by atoms with E-state index in [4.69, 9.17) is 18.9 Å². The molecule has 1 saturated heterocycles. The minimum Gasteiger partial charge on any atom is -0.472 e. The molecule has 4 rings (SSSR count). The highest BCUT2D eigenvalue weighted by Gasteiger charge is 2.64. The van der Waals surface area contributed by atoms with E-state index in [2.05, 4.69) is 0 Å². The Morgan fingerprint density at radius 2 is 1.72 bits per heavy atom. The van der Waals surface area contributed by atoms with Gasteiger partial charge < -0.3 is 54.7 Å². The Kier molecular flexibility index (Phi) is 8.09. The molecule has 12 nitrogen and oxygen atoms in total. The second-order valence-corrected chi connectivity index (χ2v) is 9.05. The van der Waals surface area contributed by atoms with E-state index in [0.29, 0.717) is 0 Å². The Bertz CT molecular complexity index is 952. The Labute approximate surface area is 206 Å². The highest BCUT2D eigenvalue weighted by molar-refractivity contribution is 5.87. The monoisotopic (exact) mass is 510 g/mol. The molecule has 11 atom stereocenters. The van der Waals surface area contributed by atoms with Crippen LogP contribution in [0.15, 0.2) is 48.7 Å². The zero-order valence-electron chi connectivity index (χ0n) is 19.1. The maximum Gasteiger partial charge on any atom is 0.330 e.